The van der Waals surface area contributed by atoms with Crippen LogP contribution in [-0.2, 0) is 14.6 Å². The molecule has 0 radical (unpaired) electrons. The van der Waals surface area contributed by atoms with E-state index in [-0.39, 0.29) is 22.4 Å². The van der Waals surface area contributed by atoms with E-state index in [1.807, 2.05) is 0 Å². The summed E-state index contributed by atoms with van der Waals surface area (Å²) in [5.41, 5.74) is 0.528. The summed E-state index contributed by atoms with van der Waals surface area (Å²) < 4.78 is 23.0. The van der Waals surface area contributed by atoms with Crippen molar-refractivity contribution in [3.63, 3.8) is 0 Å². The van der Waals surface area contributed by atoms with Crippen molar-refractivity contribution in [2.45, 2.75) is 11.8 Å². The molecule has 0 aliphatic carbocycles. The van der Waals surface area contributed by atoms with Crippen LogP contribution >= 0.6 is 11.6 Å². The Balaban J connectivity index is 2.88. The molecule has 1 rings (SSSR count). The van der Waals surface area contributed by atoms with Gasteiger partial charge in [-0.05, 0) is 24.3 Å². The van der Waals surface area contributed by atoms with Gasteiger partial charge in [0.25, 0.3) is 0 Å². The largest absolute Gasteiger partial charge is 0.325 e. The van der Waals surface area contributed by atoms with Crippen LogP contribution in [0.3, 0.4) is 0 Å². The first kappa shape index (κ1) is 13.0. The summed E-state index contributed by atoms with van der Waals surface area (Å²) in [5.74, 6) is -0.400. The van der Waals surface area contributed by atoms with E-state index in [1.165, 1.54) is 24.3 Å². The minimum atomic E-state index is -3.19. The third-order valence-electron chi connectivity index (χ3n) is 2.00. The number of halogens is 1. The molecular formula is C10H12ClNO3S. The molecule has 0 saturated heterocycles. The lowest BCUT2D eigenvalue weighted by molar-refractivity contribution is -0.113. The number of alkyl halides is 1. The molecular weight excluding hydrogens is 250 g/mol. The molecule has 6 heteroatoms. The Kier molecular flexibility index (Phi) is 4.32. The molecule has 1 aromatic rings. The summed E-state index contributed by atoms with van der Waals surface area (Å²) in [7, 11) is -3.19. The second kappa shape index (κ2) is 5.32. The molecule has 0 aliphatic rings. The van der Waals surface area contributed by atoms with Gasteiger partial charge in [0.15, 0.2) is 9.84 Å². The van der Waals surface area contributed by atoms with E-state index >= 15 is 0 Å². The number of hydrogen-bond donors (Lipinski definition) is 1. The van der Waals surface area contributed by atoms with Gasteiger partial charge in [0, 0.05) is 5.69 Å². The smallest absolute Gasteiger partial charge is 0.239 e. The summed E-state index contributed by atoms with van der Waals surface area (Å²) in [6, 6.07) is 5.99. The minimum absolute atomic E-state index is 0.0559. The number of rotatable bonds is 4. The van der Waals surface area contributed by atoms with E-state index < -0.39 is 9.84 Å². The van der Waals surface area contributed by atoms with Crippen molar-refractivity contribution in [3.05, 3.63) is 24.3 Å². The molecule has 0 saturated carbocycles. The number of amides is 1. The lowest BCUT2D eigenvalue weighted by Gasteiger charge is -2.04. The van der Waals surface area contributed by atoms with Crippen molar-refractivity contribution in [3.8, 4) is 0 Å². The first-order chi connectivity index (χ1) is 7.49. The van der Waals surface area contributed by atoms with Crippen LogP contribution in [0.4, 0.5) is 5.69 Å². The van der Waals surface area contributed by atoms with Gasteiger partial charge in [-0.2, -0.15) is 0 Å². The fourth-order valence-corrected chi connectivity index (χ4v) is 2.06. The van der Waals surface area contributed by atoms with E-state index in [4.69, 9.17) is 11.6 Å². The molecule has 1 aromatic carbocycles. The van der Waals surface area contributed by atoms with Gasteiger partial charge >= 0.3 is 0 Å². The molecule has 0 aromatic heterocycles. The molecule has 0 spiro atoms. The maximum Gasteiger partial charge on any atom is 0.239 e. The first-order valence-electron chi connectivity index (χ1n) is 4.68. The summed E-state index contributed by atoms with van der Waals surface area (Å²) in [6.07, 6.45) is 0. The van der Waals surface area contributed by atoms with E-state index in [1.54, 1.807) is 6.92 Å². The molecule has 4 nitrogen and oxygen atoms in total. The summed E-state index contributed by atoms with van der Waals surface area (Å²) in [4.78, 5) is 11.2. The zero-order valence-corrected chi connectivity index (χ0v) is 10.3. The van der Waals surface area contributed by atoms with Crippen LogP contribution in [0.15, 0.2) is 29.2 Å². The Hall–Kier alpha value is -1.07. The molecule has 0 bridgehead atoms. The number of anilines is 1. The third-order valence-corrected chi connectivity index (χ3v) is 3.99. The maximum absolute atomic E-state index is 11.5. The highest BCUT2D eigenvalue weighted by atomic mass is 35.5. The van der Waals surface area contributed by atoms with Crippen molar-refractivity contribution in [2.24, 2.45) is 0 Å². The number of nitrogens with one attached hydrogen (secondary N) is 1. The average Bonchev–Trinajstić information content (AvgIpc) is 2.29. The molecule has 0 heterocycles. The fourth-order valence-electron chi connectivity index (χ4n) is 1.11. The van der Waals surface area contributed by atoms with E-state index in [0.717, 1.165) is 0 Å². The standard InChI is InChI=1S/C10H12ClNO3S/c1-2-16(14,15)9-5-3-8(4-6-9)12-10(13)7-11/h3-6H,2,7H2,1H3,(H,12,13). The Labute approximate surface area is 99.5 Å². The van der Waals surface area contributed by atoms with Crippen molar-refractivity contribution in [2.75, 3.05) is 16.9 Å². The van der Waals surface area contributed by atoms with E-state index in [9.17, 15) is 13.2 Å². The van der Waals surface area contributed by atoms with Gasteiger partial charge < -0.3 is 5.32 Å². The van der Waals surface area contributed by atoms with Crippen LogP contribution < -0.4 is 5.32 Å². The summed E-state index contributed by atoms with van der Waals surface area (Å²) >= 11 is 5.32. The number of hydrogen-bond acceptors (Lipinski definition) is 3. The molecule has 0 aliphatic heterocycles. The lowest BCUT2D eigenvalue weighted by Crippen LogP contribution is -2.12. The normalized spacial score (nSPS) is 11.1. The number of carbonyl (C=O) groups excluding carboxylic acids is 1. The molecule has 0 unspecified atom stereocenters. The lowest BCUT2D eigenvalue weighted by atomic mass is 10.3. The fraction of sp³-hybridized carbons (Fsp3) is 0.300. The van der Waals surface area contributed by atoms with Crippen LogP contribution in [0.1, 0.15) is 6.92 Å². The Morgan fingerprint density at radius 2 is 1.88 bits per heavy atom. The number of sulfone groups is 1. The average molecular weight is 262 g/mol. The van der Waals surface area contributed by atoms with Crippen LogP contribution in [0.2, 0.25) is 0 Å². The molecule has 0 fully saturated rings. The van der Waals surface area contributed by atoms with E-state index in [2.05, 4.69) is 5.32 Å². The molecule has 0 atom stereocenters. The van der Waals surface area contributed by atoms with Gasteiger partial charge in [-0.25, -0.2) is 8.42 Å². The Morgan fingerprint density at radius 1 is 1.31 bits per heavy atom. The van der Waals surface area contributed by atoms with Crippen molar-refractivity contribution < 1.29 is 13.2 Å². The molecule has 16 heavy (non-hydrogen) atoms. The van der Waals surface area contributed by atoms with Crippen molar-refractivity contribution in [1.82, 2.24) is 0 Å². The third kappa shape index (κ3) is 3.21. The van der Waals surface area contributed by atoms with Gasteiger partial charge in [0.05, 0.1) is 10.6 Å². The van der Waals surface area contributed by atoms with Crippen LogP contribution in [0, 0.1) is 0 Å². The molecule has 1 amide bonds. The van der Waals surface area contributed by atoms with Gasteiger partial charge in [-0.3, -0.25) is 4.79 Å². The first-order valence-corrected chi connectivity index (χ1v) is 6.87. The van der Waals surface area contributed by atoms with Crippen molar-refractivity contribution >= 4 is 33.0 Å². The predicted octanol–water partition coefficient (Wildman–Crippen LogP) is 1.66. The predicted molar refractivity (Wildman–Crippen MR) is 63.5 cm³/mol. The van der Waals surface area contributed by atoms with E-state index in [0.29, 0.717) is 5.69 Å². The minimum Gasteiger partial charge on any atom is -0.325 e. The topological polar surface area (TPSA) is 63.2 Å². The van der Waals surface area contributed by atoms with Crippen LogP contribution in [0.5, 0.6) is 0 Å². The number of benzene rings is 1. The van der Waals surface area contributed by atoms with Gasteiger partial charge in [0.1, 0.15) is 5.88 Å². The highest BCUT2D eigenvalue weighted by molar-refractivity contribution is 7.91. The zero-order valence-electron chi connectivity index (χ0n) is 8.73. The monoisotopic (exact) mass is 261 g/mol. The van der Waals surface area contributed by atoms with Crippen LogP contribution in [-0.4, -0.2) is 26.0 Å². The van der Waals surface area contributed by atoms with Crippen molar-refractivity contribution in [1.29, 1.82) is 0 Å². The highest BCUT2D eigenvalue weighted by Gasteiger charge is 2.10. The van der Waals surface area contributed by atoms with Gasteiger partial charge in [0.2, 0.25) is 5.91 Å². The highest BCUT2D eigenvalue weighted by Crippen LogP contribution is 2.15. The quantitative estimate of drug-likeness (QED) is 0.839. The Bertz CT molecular complexity index is 467. The van der Waals surface area contributed by atoms with Crippen LogP contribution in [0.25, 0.3) is 0 Å². The molecule has 88 valence electrons. The zero-order chi connectivity index (χ0) is 12.2. The number of carbonyl (C=O) groups is 1. The molecule has 1 N–H and O–H groups in total. The maximum atomic E-state index is 11.5. The summed E-state index contributed by atoms with van der Waals surface area (Å²) in [5, 5.41) is 2.52. The Morgan fingerprint density at radius 3 is 2.31 bits per heavy atom. The summed E-state index contributed by atoms with van der Waals surface area (Å²) in [6.45, 7) is 1.58. The second-order valence-electron chi connectivity index (χ2n) is 3.11. The van der Waals surface area contributed by atoms with Gasteiger partial charge in [-0.1, -0.05) is 6.92 Å². The SMILES string of the molecule is CCS(=O)(=O)c1ccc(NC(=O)CCl)cc1. The van der Waals surface area contributed by atoms with Gasteiger partial charge in [-0.15, -0.1) is 11.6 Å². The second-order valence-corrected chi connectivity index (χ2v) is 5.66.